The van der Waals surface area contributed by atoms with E-state index in [2.05, 4.69) is 10.3 Å². The van der Waals surface area contributed by atoms with Crippen LogP contribution in [0.2, 0.25) is 0 Å². The SMILES string of the molecule is CCCN(CC(F)(F)F)c1nc(C(C)NC)cs1. The molecule has 0 aliphatic carbocycles. The molecule has 0 aliphatic rings. The van der Waals surface area contributed by atoms with Crippen molar-refractivity contribution in [3.8, 4) is 0 Å². The molecule has 104 valence electrons. The molecular weight excluding hydrogens is 263 g/mol. The number of nitrogens with one attached hydrogen (secondary N) is 1. The van der Waals surface area contributed by atoms with E-state index < -0.39 is 12.7 Å². The second kappa shape index (κ2) is 6.38. The van der Waals surface area contributed by atoms with Gasteiger partial charge in [-0.05, 0) is 20.4 Å². The molecule has 18 heavy (non-hydrogen) atoms. The fourth-order valence-corrected chi connectivity index (χ4v) is 2.44. The number of aromatic nitrogens is 1. The Hall–Kier alpha value is -0.820. The van der Waals surface area contributed by atoms with Crippen LogP contribution in [0.25, 0.3) is 0 Å². The third-order valence-electron chi connectivity index (χ3n) is 2.52. The normalized spacial score (nSPS) is 13.7. The zero-order valence-corrected chi connectivity index (χ0v) is 11.5. The summed E-state index contributed by atoms with van der Waals surface area (Å²) >= 11 is 1.26. The van der Waals surface area contributed by atoms with Gasteiger partial charge in [-0.3, -0.25) is 0 Å². The van der Waals surface area contributed by atoms with Crippen LogP contribution in [0.3, 0.4) is 0 Å². The van der Waals surface area contributed by atoms with Crippen molar-refractivity contribution in [3.05, 3.63) is 11.1 Å². The van der Waals surface area contributed by atoms with E-state index >= 15 is 0 Å². The summed E-state index contributed by atoms with van der Waals surface area (Å²) in [5.41, 5.74) is 0.778. The number of alkyl halides is 3. The summed E-state index contributed by atoms with van der Waals surface area (Å²) in [6.07, 6.45) is -3.54. The third-order valence-corrected chi connectivity index (χ3v) is 3.44. The highest BCUT2D eigenvalue weighted by Gasteiger charge is 2.31. The first-order chi connectivity index (χ1) is 8.37. The van der Waals surface area contributed by atoms with E-state index in [-0.39, 0.29) is 6.04 Å². The summed E-state index contributed by atoms with van der Waals surface area (Å²) < 4.78 is 37.4. The zero-order valence-electron chi connectivity index (χ0n) is 10.7. The Morgan fingerprint density at radius 1 is 1.50 bits per heavy atom. The molecule has 0 aromatic carbocycles. The molecule has 7 heteroatoms. The first-order valence-electron chi connectivity index (χ1n) is 5.81. The molecular formula is C11H18F3N3S. The second-order valence-corrected chi connectivity index (χ2v) is 4.94. The number of hydrogen-bond acceptors (Lipinski definition) is 4. The standard InChI is InChI=1S/C11H18F3N3S/c1-4-5-17(7-11(12,13)14)10-16-9(6-18-10)8(2)15-3/h6,8,15H,4-5,7H2,1-3H3. The number of thiazole rings is 1. The minimum Gasteiger partial charge on any atom is -0.339 e. The summed E-state index contributed by atoms with van der Waals surface area (Å²) in [4.78, 5) is 5.55. The highest BCUT2D eigenvalue weighted by Crippen LogP contribution is 2.27. The van der Waals surface area contributed by atoms with Gasteiger partial charge in [-0.25, -0.2) is 4.98 Å². The van der Waals surface area contributed by atoms with Gasteiger partial charge < -0.3 is 10.2 Å². The first-order valence-corrected chi connectivity index (χ1v) is 6.69. The Kier molecular flexibility index (Phi) is 5.40. The highest BCUT2D eigenvalue weighted by atomic mass is 32.1. The number of rotatable bonds is 6. The van der Waals surface area contributed by atoms with Crippen molar-refractivity contribution in [3.63, 3.8) is 0 Å². The lowest BCUT2D eigenvalue weighted by atomic mass is 10.3. The fraction of sp³-hybridized carbons (Fsp3) is 0.727. The lowest BCUT2D eigenvalue weighted by molar-refractivity contribution is -0.119. The van der Waals surface area contributed by atoms with Gasteiger partial charge in [0.2, 0.25) is 0 Å². The fourth-order valence-electron chi connectivity index (χ4n) is 1.50. The highest BCUT2D eigenvalue weighted by molar-refractivity contribution is 7.13. The molecule has 1 aromatic heterocycles. The number of halogens is 3. The Labute approximate surface area is 109 Å². The molecule has 1 heterocycles. The molecule has 1 aromatic rings. The van der Waals surface area contributed by atoms with Gasteiger partial charge in [-0.15, -0.1) is 11.3 Å². The smallest absolute Gasteiger partial charge is 0.339 e. The van der Waals surface area contributed by atoms with E-state index in [1.807, 2.05) is 13.8 Å². The van der Waals surface area contributed by atoms with E-state index in [9.17, 15) is 13.2 Å². The predicted octanol–water partition coefficient (Wildman–Crippen LogP) is 3.20. The number of nitrogens with zero attached hydrogens (tertiary/aromatic N) is 2. The average Bonchev–Trinajstić information content (AvgIpc) is 2.75. The summed E-state index contributed by atoms with van der Waals surface area (Å²) in [5.74, 6) is 0. The van der Waals surface area contributed by atoms with Gasteiger partial charge in [0.15, 0.2) is 5.13 Å². The van der Waals surface area contributed by atoms with Crippen molar-refractivity contribution in [1.29, 1.82) is 0 Å². The van der Waals surface area contributed by atoms with Crippen LogP contribution in [-0.4, -0.2) is 31.3 Å². The van der Waals surface area contributed by atoms with E-state index in [1.165, 1.54) is 16.2 Å². The molecule has 1 atom stereocenters. The minimum absolute atomic E-state index is 0.0457. The van der Waals surface area contributed by atoms with Gasteiger partial charge in [0.1, 0.15) is 6.54 Å². The monoisotopic (exact) mass is 281 g/mol. The van der Waals surface area contributed by atoms with Crippen LogP contribution in [0.4, 0.5) is 18.3 Å². The maximum absolute atomic E-state index is 12.5. The van der Waals surface area contributed by atoms with Crippen molar-refractivity contribution in [2.24, 2.45) is 0 Å². The molecule has 0 fully saturated rings. The Morgan fingerprint density at radius 2 is 2.17 bits per heavy atom. The van der Waals surface area contributed by atoms with Gasteiger partial charge in [0, 0.05) is 18.0 Å². The quantitative estimate of drug-likeness (QED) is 0.868. The van der Waals surface area contributed by atoms with E-state index in [4.69, 9.17) is 0 Å². The third kappa shape index (κ3) is 4.45. The van der Waals surface area contributed by atoms with E-state index in [0.29, 0.717) is 18.1 Å². The maximum Gasteiger partial charge on any atom is 0.406 e. The van der Waals surface area contributed by atoms with Gasteiger partial charge in [0.25, 0.3) is 0 Å². The molecule has 0 bridgehead atoms. The summed E-state index contributed by atoms with van der Waals surface area (Å²) in [6, 6.07) is 0.0457. The molecule has 0 spiro atoms. The molecule has 3 nitrogen and oxygen atoms in total. The van der Waals surface area contributed by atoms with Crippen LogP contribution in [0.15, 0.2) is 5.38 Å². The topological polar surface area (TPSA) is 28.2 Å². The van der Waals surface area contributed by atoms with Crippen LogP contribution < -0.4 is 10.2 Å². The van der Waals surface area contributed by atoms with Crippen LogP contribution in [0.5, 0.6) is 0 Å². The average molecular weight is 281 g/mol. The second-order valence-electron chi connectivity index (χ2n) is 4.10. The molecule has 1 unspecified atom stereocenters. The molecule has 0 aliphatic heterocycles. The van der Waals surface area contributed by atoms with E-state index in [0.717, 1.165) is 5.69 Å². The van der Waals surface area contributed by atoms with Crippen molar-refractivity contribution in [2.45, 2.75) is 32.5 Å². The Balaban J connectivity index is 2.82. The summed E-state index contributed by atoms with van der Waals surface area (Å²) in [5, 5.41) is 5.25. The van der Waals surface area contributed by atoms with Gasteiger partial charge in [-0.2, -0.15) is 13.2 Å². The van der Waals surface area contributed by atoms with Crippen molar-refractivity contribution in [2.75, 3.05) is 25.0 Å². The van der Waals surface area contributed by atoms with Crippen LogP contribution in [0, 0.1) is 0 Å². The van der Waals surface area contributed by atoms with Crippen LogP contribution in [0.1, 0.15) is 32.0 Å². The number of hydrogen-bond donors (Lipinski definition) is 1. The minimum atomic E-state index is -4.20. The number of anilines is 1. The molecule has 0 amide bonds. The first kappa shape index (κ1) is 15.2. The lowest BCUT2D eigenvalue weighted by Gasteiger charge is -2.22. The van der Waals surface area contributed by atoms with Crippen molar-refractivity contribution in [1.82, 2.24) is 10.3 Å². The summed E-state index contributed by atoms with van der Waals surface area (Å²) in [6.45, 7) is 3.20. The van der Waals surface area contributed by atoms with Crippen molar-refractivity contribution >= 4 is 16.5 Å². The predicted molar refractivity (Wildman–Crippen MR) is 68.1 cm³/mol. The maximum atomic E-state index is 12.5. The molecule has 0 radical (unpaired) electrons. The van der Waals surface area contributed by atoms with Gasteiger partial charge >= 0.3 is 6.18 Å². The molecule has 0 saturated heterocycles. The Morgan fingerprint density at radius 3 is 2.67 bits per heavy atom. The Bertz CT molecular complexity index is 365. The van der Waals surface area contributed by atoms with Crippen LogP contribution >= 0.6 is 11.3 Å². The van der Waals surface area contributed by atoms with Gasteiger partial charge in [0.05, 0.1) is 5.69 Å². The lowest BCUT2D eigenvalue weighted by Crippen LogP contribution is -2.34. The van der Waals surface area contributed by atoms with E-state index in [1.54, 1.807) is 12.4 Å². The zero-order chi connectivity index (χ0) is 13.8. The molecule has 1 N–H and O–H groups in total. The molecule has 0 saturated carbocycles. The van der Waals surface area contributed by atoms with Crippen molar-refractivity contribution < 1.29 is 13.2 Å². The van der Waals surface area contributed by atoms with Crippen LogP contribution in [-0.2, 0) is 0 Å². The largest absolute Gasteiger partial charge is 0.406 e. The molecule has 1 rings (SSSR count). The summed E-state index contributed by atoms with van der Waals surface area (Å²) in [7, 11) is 1.79. The van der Waals surface area contributed by atoms with Gasteiger partial charge in [-0.1, -0.05) is 6.92 Å².